The molecule has 0 saturated carbocycles. The van der Waals surface area contributed by atoms with E-state index in [-0.39, 0.29) is 5.41 Å². The fraction of sp³-hybridized carbons (Fsp3) is 0.0588. The summed E-state index contributed by atoms with van der Waals surface area (Å²) in [6, 6.07) is 72.9. The lowest BCUT2D eigenvalue weighted by Gasteiger charge is -2.32. The van der Waals surface area contributed by atoms with Crippen LogP contribution in [0.2, 0.25) is 0 Å². The fourth-order valence-corrected chi connectivity index (χ4v) is 8.22. The van der Waals surface area contributed by atoms with Crippen LogP contribution in [0.4, 0.5) is 17.1 Å². The molecule has 9 rings (SSSR count). The molecule has 0 N–H and O–H groups in total. The first-order valence-electron chi connectivity index (χ1n) is 18.1. The maximum absolute atomic E-state index is 2.52. The standard InChI is InChI=1S/C51H39N/c1-51(2)45-31-15-14-29-44(45)50-46(51)32-18-34-48(50)52(40-26-16-25-39(35-40)36-19-6-3-7-20-36)47-33-17-30-42(38-23-10-5-11-24-38)49(47)43-28-13-12-27-41(43)37-21-8-4-9-22-37/h3-35H,1-2H3. The van der Waals surface area contributed by atoms with Gasteiger partial charge in [-0.1, -0.05) is 190 Å². The van der Waals surface area contributed by atoms with E-state index in [9.17, 15) is 0 Å². The molecule has 52 heavy (non-hydrogen) atoms. The van der Waals surface area contributed by atoms with E-state index in [0.29, 0.717) is 0 Å². The van der Waals surface area contributed by atoms with Crippen molar-refractivity contribution in [3.8, 4) is 55.6 Å². The maximum atomic E-state index is 2.52. The van der Waals surface area contributed by atoms with E-state index in [4.69, 9.17) is 0 Å². The van der Waals surface area contributed by atoms with Crippen LogP contribution in [-0.4, -0.2) is 0 Å². The lowest BCUT2D eigenvalue weighted by atomic mass is 9.82. The molecule has 1 aliphatic rings. The molecule has 0 amide bonds. The molecule has 0 atom stereocenters. The van der Waals surface area contributed by atoms with Crippen LogP contribution in [0.15, 0.2) is 200 Å². The van der Waals surface area contributed by atoms with Crippen molar-refractivity contribution in [2.24, 2.45) is 0 Å². The fourth-order valence-electron chi connectivity index (χ4n) is 8.22. The average Bonchev–Trinajstić information content (AvgIpc) is 3.45. The van der Waals surface area contributed by atoms with Crippen LogP contribution in [-0.2, 0) is 5.41 Å². The maximum Gasteiger partial charge on any atom is 0.0546 e. The zero-order valence-electron chi connectivity index (χ0n) is 29.5. The SMILES string of the molecule is CC1(C)c2ccccc2-c2c(N(c3cccc(-c4ccccc4)c3)c3cccc(-c4ccccc4)c3-c3ccccc3-c3ccccc3)cccc21. The van der Waals surface area contributed by atoms with Gasteiger partial charge >= 0.3 is 0 Å². The highest BCUT2D eigenvalue weighted by atomic mass is 15.1. The van der Waals surface area contributed by atoms with Gasteiger partial charge in [0.1, 0.15) is 0 Å². The van der Waals surface area contributed by atoms with Crippen LogP contribution < -0.4 is 4.90 Å². The third-order valence-electron chi connectivity index (χ3n) is 10.7. The molecule has 0 spiro atoms. The van der Waals surface area contributed by atoms with Gasteiger partial charge in [0.2, 0.25) is 0 Å². The molecule has 1 heteroatoms. The molecule has 8 aromatic carbocycles. The van der Waals surface area contributed by atoms with Gasteiger partial charge in [0.25, 0.3) is 0 Å². The van der Waals surface area contributed by atoms with Gasteiger partial charge in [0, 0.05) is 22.2 Å². The van der Waals surface area contributed by atoms with Crippen molar-refractivity contribution in [3.05, 3.63) is 211 Å². The van der Waals surface area contributed by atoms with Crippen molar-refractivity contribution in [3.63, 3.8) is 0 Å². The highest BCUT2D eigenvalue weighted by molar-refractivity contribution is 6.04. The first-order valence-corrected chi connectivity index (χ1v) is 18.1. The van der Waals surface area contributed by atoms with Crippen LogP contribution in [0.1, 0.15) is 25.0 Å². The Morgan fingerprint density at radius 2 is 0.788 bits per heavy atom. The zero-order valence-corrected chi connectivity index (χ0v) is 29.5. The Balaban J connectivity index is 1.39. The van der Waals surface area contributed by atoms with Crippen molar-refractivity contribution in [1.82, 2.24) is 0 Å². The van der Waals surface area contributed by atoms with Crippen LogP contribution in [0.5, 0.6) is 0 Å². The summed E-state index contributed by atoms with van der Waals surface area (Å²) in [5.41, 5.74) is 18.1. The molecule has 0 unspecified atom stereocenters. The Morgan fingerprint density at radius 3 is 1.48 bits per heavy atom. The third-order valence-corrected chi connectivity index (χ3v) is 10.7. The molecule has 248 valence electrons. The molecule has 1 nitrogen and oxygen atoms in total. The summed E-state index contributed by atoms with van der Waals surface area (Å²) in [4.78, 5) is 2.52. The van der Waals surface area contributed by atoms with Gasteiger partial charge in [-0.15, -0.1) is 0 Å². The Kier molecular flexibility index (Phi) is 7.90. The summed E-state index contributed by atoms with van der Waals surface area (Å²) in [5, 5.41) is 0. The summed E-state index contributed by atoms with van der Waals surface area (Å²) in [6.07, 6.45) is 0. The van der Waals surface area contributed by atoms with Gasteiger partial charge in [-0.2, -0.15) is 0 Å². The van der Waals surface area contributed by atoms with Gasteiger partial charge < -0.3 is 4.90 Å². The van der Waals surface area contributed by atoms with E-state index in [1.165, 1.54) is 72.4 Å². The Morgan fingerprint density at radius 1 is 0.327 bits per heavy atom. The molecule has 8 aromatic rings. The first kappa shape index (κ1) is 31.5. The quantitative estimate of drug-likeness (QED) is 0.164. The number of benzene rings is 8. The molecule has 1 aliphatic carbocycles. The Bertz CT molecular complexity index is 2530. The van der Waals surface area contributed by atoms with Crippen LogP contribution in [0.3, 0.4) is 0 Å². The molecule has 0 bridgehead atoms. The number of fused-ring (bicyclic) bond motifs is 3. The molecule has 0 radical (unpaired) electrons. The van der Waals surface area contributed by atoms with E-state index in [1.807, 2.05) is 0 Å². The van der Waals surface area contributed by atoms with Gasteiger partial charge in [0.15, 0.2) is 0 Å². The minimum Gasteiger partial charge on any atom is -0.309 e. The third kappa shape index (κ3) is 5.34. The summed E-state index contributed by atoms with van der Waals surface area (Å²) in [7, 11) is 0. The number of hydrogen-bond acceptors (Lipinski definition) is 1. The molecule has 0 saturated heterocycles. The lowest BCUT2D eigenvalue weighted by Crippen LogP contribution is -2.16. The second-order valence-electron chi connectivity index (χ2n) is 14.1. The number of anilines is 3. The average molecular weight is 666 g/mol. The van der Waals surface area contributed by atoms with E-state index in [2.05, 4.69) is 219 Å². The smallest absolute Gasteiger partial charge is 0.0546 e. The summed E-state index contributed by atoms with van der Waals surface area (Å²) in [5.74, 6) is 0. The summed E-state index contributed by atoms with van der Waals surface area (Å²) < 4.78 is 0. The monoisotopic (exact) mass is 665 g/mol. The minimum atomic E-state index is -0.131. The lowest BCUT2D eigenvalue weighted by molar-refractivity contribution is 0.660. The molecule has 0 fully saturated rings. The Labute approximate surface area is 307 Å². The summed E-state index contributed by atoms with van der Waals surface area (Å²) in [6.45, 7) is 4.72. The van der Waals surface area contributed by atoms with Gasteiger partial charge in [0.05, 0.1) is 11.4 Å². The first-order chi connectivity index (χ1) is 25.6. The van der Waals surface area contributed by atoms with Crippen molar-refractivity contribution < 1.29 is 0 Å². The zero-order chi connectivity index (χ0) is 35.1. The largest absolute Gasteiger partial charge is 0.309 e. The van der Waals surface area contributed by atoms with Crippen molar-refractivity contribution in [1.29, 1.82) is 0 Å². The normalized spacial score (nSPS) is 12.6. The topological polar surface area (TPSA) is 3.24 Å². The van der Waals surface area contributed by atoms with E-state index in [1.54, 1.807) is 0 Å². The van der Waals surface area contributed by atoms with E-state index in [0.717, 1.165) is 11.4 Å². The van der Waals surface area contributed by atoms with Crippen molar-refractivity contribution >= 4 is 17.1 Å². The minimum absolute atomic E-state index is 0.131. The van der Waals surface area contributed by atoms with Crippen molar-refractivity contribution in [2.45, 2.75) is 19.3 Å². The molecular weight excluding hydrogens is 627 g/mol. The molecule has 0 aliphatic heterocycles. The second-order valence-corrected chi connectivity index (χ2v) is 14.1. The van der Waals surface area contributed by atoms with Crippen LogP contribution >= 0.6 is 0 Å². The van der Waals surface area contributed by atoms with Crippen molar-refractivity contribution in [2.75, 3.05) is 4.90 Å². The molecular formula is C51H39N. The highest BCUT2D eigenvalue weighted by Gasteiger charge is 2.38. The number of hydrogen-bond donors (Lipinski definition) is 0. The van der Waals surface area contributed by atoms with Gasteiger partial charge in [-0.05, 0) is 79.9 Å². The number of rotatable bonds is 7. The molecule has 0 aromatic heterocycles. The summed E-state index contributed by atoms with van der Waals surface area (Å²) >= 11 is 0. The number of nitrogens with zero attached hydrogens (tertiary/aromatic N) is 1. The molecule has 0 heterocycles. The predicted molar refractivity (Wildman–Crippen MR) is 220 cm³/mol. The van der Waals surface area contributed by atoms with Crippen LogP contribution in [0.25, 0.3) is 55.6 Å². The van der Waals surface area contributed by atoms with E-state index >= 15 is 0 Å². The second kappa shape index (κ2) is 13.0. The highest BCUT2D eigenvalue weighted by Crippen LogP contribution is 2.56. The van der Waals surface area contributed by atoms with Crippen LogP contribution in [0, 0.1) is 0 Å². The van der Waals surface area contributed by atoms with E-state index < -0.39 is 0 Å². The van der Waals surface area contributed by atoms with Gasteiger partial charge in [-0.3, -0.25) is 0 Å². The predicted octanol–water partition coefficient (Wildman–Crippen LogP) is 14.1. The van der Waals surface area contributed by atoms with Gasteiger partial charge in [-0.25, -0.2) is 0 Å². The Hall–Kier alpha value is -6.44.